The van der Waals surface area contributed by atoms with E-state index in [9.17, 15) is 4.79 Å². The second kappa shape index (κ2) is 4.66. The first-order chi connectivity index (χ1) is 8.76. The van der Waals surface area contributed by atoms with Crippen molar-refractivity contribution in [3.05, 3.63) is 29.3 Å². The van der Waals surface area contributed by atoms with E-state index in [0.717, 1.165) is 15.2 Å². The molecule has 1 unspecified atom stereocenters. The fourth-order valence-electron chi connectivity index (χ4n) is 2.28. The number of amides is 1. The van der Waals surface area contributed by atoms with E-state index in [1.807, 2.05) is 24.3 Å². The summed E-state index contributed by atoms with van der Waals surface area (Å²) in [4.78, 5) is 18.1. The molecule has 1 aromatic heterocycles. The number of nitrogens with zero attached hydrogens (tertiary/aromatic N) is 2. The van der Waals surface area contributed by atoms with Crippen LogP contribution in [-0.4, -0.2) is 34.0 Å². The summed E-state index contributed by atoms with van der Waals surface area (Å²) in [7, 11) is 0. The highest BCUT2D eigenvalue weighted by molar-refractivity contribution is 7.18. The summed E-state index contributed by atoms with van der Waals surface area (Å²) in [5.74, 6) is 0.209. The average Bonchev–Trinajstić information content (AvgIpc) is 2.93. The van der Waals surface area contributed by atoms with Crippen molar-refractivity contribution in [1.82, 2.24) is 9.88 Å². The lowest BCUT2D eigenvalue weighted by Crippen LogP contribution is -2.24. The number of hydrogen-bond acceptors (Lipinski definition) is 4. The first-order valence-corrected chi connectivity index (χ1v) is 6.81. The molecule has 94 valence electrons. The minimum absolute atomic E-state index is 0.0854. The summed E-state index contributed by atoms with van der Waals surface area (Å²) in [5, 5.41) is 10.1. The summed E-state index contributed by atoms with van der Waals surface area (Å²) >= 11 is 1.63. The summed E-state index contributed by atoms with van der Waals surface area (Å²) < 4.78 is 1.15. The summed E-state index contributed by atoms with van der Waals surface area (Å²) in [6.45, 7) is 1.29. The lowest BCUT2D eigenvalue weighted by molar-refractivity contribution is -0.128. The number of aliphatic hydroxyl groups excluding tert-OH is 1. The van der Waals surface area contributed by atoms with Crippen LogP contribution in [0.1, 0.15) is 11.4 Å². The summed E-state index contributed by atoms with van der Waals surface area (Å²) in [5.41, 5.74) is 0.989. The predicted molar refractivity (Wildman–Crippen MR) is 70.2 cm³/mol. The Morgan fingerprint density at radius 1 is 1.44 bits per heavy atom. The number of hydrogen-bond donors (Lipinski definition) is 1. The van der Waals surface area contributed by atoms with Gasteiger partial charge in [-0.3, -0.25) is 4.79 Å². The van der Waals surface area contributed by atoms with Crippen molar-refractivity contribution in [2.24, 2.45) is 5.92 Å². The Morgan fingerprint density at radius 3 is 3.00 bits per heavy atom. The molecule has 5 heteroatoms. The van der Waals surface area contributed by atoms with E-state index in [-0.39, 0.29) is 18.4 Å². The highest BCUT2D eigenvalue weighted by Gasteiger charge is 2.29. The van der Waals surface area contributed by atoms with Crippen LogP contribution in [-0.2, 0) is 11.3 Å². The van der Waals surface area contributed by atoms with Crippen LogP contribution < -0.4 is 0 Å². The van der Waals surface area contributed by atoms with Crippen molar-refractivity contribution in [3.8, 4) is 0 Å². The van der Waals surface area contributed by atoms with E-state index in [4.69, 9.17) is 5.11 Å². The molecule has 0 aliphatic carbocycles. The molecule has 1 atom stereocenters. The Morgan fingerprint density at radius 2 is 2.28 bits per heavy atom. The standard InChI is InChI=1S/C13H14N2O2S/c16-8-9-5-13(17)15(6-9)7-12-14-10-3-1-2-4-11(10)18-12/h1-4,9,16H,5-8H2. The Kier molecular flexibility index (Phi) is 3.01. The Labute approximate surface area is 109 Å². The first kappa shape index (κ1) is 11.6. The molecule has 1 aliphatic heterocycles. The van der Waals surface area contributed by atoms with Crippen LogP contribution in [0, 0.1) is 5.92 Å². The number of aliphatic hydroxyl groups is 1. The molecule has 0 bridgehead atoms. The van der Waals surface area contributed by atoms with Gasteiger partial charge in [-0.25, -0.2) is 4.98 Å². The number of likely N-dealkylation sites (tertiary alicyclic amines) is 1. The topological polar surface area (TPSA) is 53.4 Å². The van der Waals surface area contributed by atoms with E-state index in [2.05, 4.69) is 4.98 Å². The highest BCUT2D eigenvalue weighted by atomic mass is 32.1. The van der Waals surface area contributed by atoms with Gasteiger partial charge < -0.3 is 10.0 Å². The van der Waals surface area contributed by atoms with Gasteiger partial charge in [0.25, 0.3) is 0 Å². The van der Waals surface area contributed by atoms with Crippen molar-refractivity contribution in [1.29, 1.82) is 0 Å². The maximum absolute atomic E-state index is 11.8. The molecule has 1 aliphatic rings. The van der Waals surface area contributed by atoms with E-state index < -0.39 is 0 Å². The van der Waals surface area contributed by atoms with E-state index in [0.29, 0.717) is 19.5 Å². The molecule has 1 amide bonds. The zero-order valence-electron chi connectivity index (χ0n) is 9.87. The minimum atomic E-state index is 0.0854. The normalized spacial score (nSPS) is 19.9. The number of aromatic nitrogens is 1. The van der Waals surface area contributed by atoms with Crippen LogP contribution in [0.15, 0.2) is 24.3 Å². The van der Waals surface area contributed by atoms with E-state index in [1.54, 1.807) is 16.2 Å². The van der Waals surface area contributed by atoms with Crippen LogP contribution in [0.5, 0.6) is 0 Å². The average molecular weight is 262 g/mol. The molecule has 0 saturated carbocycles. The van der Waals surface area contributed by atoms with Gasteiger partial charge in [0, 0.05) is 25.5 Å². The van der Waals surface area contributed by atoms with Gasteiger partial charge in [0.1, 0.15) is 5.01 Å². The molecule has 1 aromatic carbocycles. The summed E-state index contributed by atoms with van der Waals surface area (Å²) in [6, 6.07) is 7.98. The van der Waals surface area contributed by atoms with Gasteiger partial charge in [-0.15, -0.1) is 11.3 Å². The van der Waals surface area contributed by atoms with Gasteiger partial charge in [0.2, 0.25) is 5.91 Å². The number of thiazole rings is 1. The number of benzene rings is 1. The highest BCUT2D eigenvalue weighted by Crippen LogP contribution is 2.25. The zero-order valence-corrected chi connectivity index (χ0v) is 10.7. The second-order valence-corrected chi connectivity index (χ2v) is 5.72. The smallest absolute Gasteiger partial charge is 0.223 e. The third-order valence-electron chi connectivity index (χ3n) is 3.22. The third-order valence-corrected chi connectivity index (χ3v) is 4.24. The van der Waals surface area contributed by atoms with Gasteiger partial charge in [-0.05, 0) is 12.1 Å². The maximum Gasteiger partial charge on any atom is 0.223 e. The second-order valence-electron chi connectivity index (χ2n) is 4.60. The Hall–Kier alpha value is -1.46. The van der Waals surface area contributed by atoms with Crippen molar-refractivity contribution < 1.29 is 9.90 Å². The van der Waals surface area contributed by atoms with Gasteiger partial charge >= 0.3 is 0 Å². The van der Waals surface area contributed by atoms with Gasteiger partial charge in [-0.2, -0.15) is 0 Å². The molecule has 1 fully saturated rings. The Balaban J connectivity index is 1.78. The fraction of sp³-hybridized carbons (Fsp3) is 0.385. The number of carbonyl (C=O) groups excluding carboxylic acids is 1. The molecule has 3 rings (SSSR count). The zero-order chi connectivity index (χ0) is 12.5. The number of para-hydroxylation sites is 1. The van der Waals surface area contributed by atoms with Crippen molar-refractivity contribution >= 4 is 27.5 Å². The van der Waals surface area contributed by atoms with Crippen molar-refractivity contribution in [3.63, 3.8) is 0 Å². The molecular weight excluding hydrogens is 248 g/mol. The van der Waals surface area contributed by atoms with Crippen molar-refractivity contribution in [2.45, 2.75) is 13.0 Å². The Bertz CT molecular complexity index is 548. The van der Waals surface area contributed by atoms with Crippen LogP contribution in [0.3, 0.4) is 0 Å². The minimum Gasteiger partial charge on any atom is -0.396 e. The fourth-order valence-corrected chi connectivity index (χ4v) is 3.26. The van der Waals surface area contributed by atoms with Crippen LogP contribution >= 0.6 is 11.3 Å². The lowest BCUT2D eigenvalue weighted by Gasteiger charge is -2.13. The van der Waals surface area contributed by atoms with Crippen LogP contribution in [0.2, 0.25) is 0 Å². The van der Waals surface area contributed by atoms with E-state index in [1.165, 1.54) is 0 Å². The van der Waals surface area contributed by atoms with E-state index >= 15 is 0 Å². The molecule has 2 heterocycles. The largest absolute Gasteiger partial charge is 0.396 e. The third kappa shape index (κ3) is 2.11. The summed E-state index contributed by atoms with van der Waals surface area (Å²) in [6.07, 6.45) is 0.460. The van der Waals surface area contributed by atoms with Crippen molar-refractivity contribution in [2.75, 3.05) is 13.2 Å². The molecular formula is C13H14N2O2S. The molecule has 18 heavy (non-hydrogen) atoms. The number of rotatable bonds is 3. The molecule has 0 radical (unpaired) electrons. The predicted octanol–water partition coefficient (Wildman–Crippen LogP) is 1.64. The molecule has 1 saturated heterocycles. The SMILES string of the molecule is O=C1CC(CO)CN1Cc1nc2ccccc2s1. The lowest BCUT2D eigenvalue weighted by atomic mass is 10.1. The van der Waals surface area contributed by atoms with Crippen LogP contribution in [0.4, 0.5) is 0 Å². The number of carbonyl (C=O) groups is 1. The maximum atomic E-state index is 11.8. The number of fused-ring (bicyclic) bond motifs is 1. The van der Waals surface area contributed by atoms with Gasteiger partial charge in [0.15, 0.2) is 0 Å². The van der Waals surface area contributed by atoms with Crippen LogP contribution in [0.25, 0.3) is 10.2 Å². The molecule has 1 N–H and O–H groups in total. The first-order valence-electron chi connectivity index (χ1n) is 5.99. The molecule has 4 nitrogen and oxygen atoms in total. The quantitative estimate of drug-likeness (QED) is 0.915. The molecule has 0 spiro atoms. The van der Waals surface area contributed by atoms with Gasteiger partial charge in [0.05, 0.1) is 16.8 Å². The monoisotopic (exact) mass is 262 g/mol. The van der Waals surface area contributed by atoms with Gasteiger partial charge in [-0.1, -0.05) is 12.1 Å². The molecule has 2 aromatic rings.